The fourth-order valence-electron chi connectivity index (χ4n) is 1.47. The van der Waals surface area contributed by atoms with Crippen LogP contribution in [0.4, 0.5) is 5.69 Å². The SMILES string of the molecule is CC(C)N(CC(N)=O)S(=O)(=O)c1ccc(N)cc1. The first-order chi connectivity index (χ1) is 8.25. The third-order valence-corrected chi connectivity index (χ3v) is 4.41. The minimum atomic E-state index is -3.74. The van der Waals surface area contributed by atoms with Crippen molar-refractivity contribution in [1.82, 2.24) is 4.31 Å². The van der Waals surface area contributed by atoms with Crippen LogP contribution in [0, 0.1) is 0 Å². The Kier molecular flexibility index (Phi) is 4.31. The highest BCUT2D eigenvalue weighted by Crippen LogP contribution is 2.19. The van der Waals surface area contributed by atoms with Gasteiger partial charge in [0.05, 0.1) is 11.4 Å². The van der Waals surface area contributed by atoms with Gasteiger partial charge in [-0.3, -0.25) is 4.79 Å². The molecule has 1 rings (SSSR count). The molecule has 18 heavy (non-hydrogen) atoms. The van der Waals surface area contributed by atoms with Crippen molar-refractivity contribution >= 4 is 21.6 Å². The summed E-state index contributed by atoms with van der Waals surface area (Å²) in [5.74, 6) is -0.692. The van der Waals surface area contributed by atoms with Crippen molar-refractivity contribution in [2.45, 2.75) is 24.8 Å². The summed E-state index contributed by atoms with van der Waals surface area (Å²) in [5.41, 5.74) is 11.0. The average Bonchev–Trinajstić information content (AvgIpc) is 2.25. The third kappa shape index (κ3) is 3.21. The van der Waals surface area contributed by atoms with E-state index in [2.05, 4.69) is 0 Å². The molecule has 1 aromatic rings. The Morgan fingerprint density at radius 3 is 2.17 bits per heavy atom. The number of hydrogen-bond acceptors (Lipinski definition) is 4. The maximum atomic E-state index is 12.3. The van der Waals surface area contributed by atoms with Gasteiger partial charge in [-0.25, -0.2) is 8.42 Å². The van der Waals surface area contributed by atoms with Crippen LogP contribution in [0.2, 0.25) is 0 Å². The molecule has 0 bridgehead atoms. The smallest absolute Gasteiger partial charge is 0.243 e. The van der Waals surface area contributed by atoms with Crippen molar-refractivity contribution in [1.29, 1.82) is 0 Å². The van der Waals surface area contributed by atoms with Gasteiger partial charge in [-0.2, -0.15) is 4.31 Å². The lowest BCUT2D eigenvalue weighted by molar-refractivity contribution is -0.118. The molecule has 0 atom stereocenters. The number of sulfonamides is 1. The van der Waals surface area contributed by atoms with E-state index in [0.29, 0.717) is 5.69 Å². The zero-order chi connectivity index (χ0) is 13.9. The molecule has 100 valence electrons. The second-order valence-electron chi connectivity index (χ2n) is 4.18. The molecule has 0 spiro atoms. The highest BCUT2D eigenvalue weighted by molar-refractivity contribution is 7.89. The fourth-order valence-corrected chi connectivity index (χ4v) is 3.08. The Hall–Kier alpha value is -1.60. The van der Waals surface area contributed by atoms with Gasteiger partial charge in [0.15, 0.2) is 0 Å². The van der Waals surface area contributed by atoms with Crippen LogP contribution in [0.25, 0.3) is 0 Å². The fraction of sp³-hybridized carbons (Fsp3) is 0.364. The van der Waals surface area contributed by atoms with Crippen LogP contribution in [0.1, 0.15) is 13.8 Å². The molecule has 0 unspecified atom stereocenters. The summed E-state index contributed by atoms with van der Waals surface area (Å²) in [5, 5.41) is 0. The molecule has 6 nitrogen and oxygen atoms in total. The molecule has 1 aromatic carbocycles. The van der Waals surface area contributed by atoms with Gasteiger partial charge in [0.2, 0.25) is 15.9 Å². The number of hydrogen-bond donors (Lipinski definition) is 2. The zero-order valence-corrected chi connectivity index (χ0v) is 11.1. The standard InChI is InChI=1S/C11H17N3O3S/c1-8(2)14(7-11(13)15)18(16,17)10-5-3-9(12)4-6-10/h3-6,8H,7,12H2,1-2H3,(H2,13,15). The zero-order valence-electron chi connectivity index (χ0n) is 10.3. The minimum absolute atomic E-state index is 0.0895. The van der Waals surface area contributed by atoms with E-state index in [1.807, 2.05) is 0 Å². The minimum Gasteiger partial charge on any atom is -0.399 e. The quantitative estimate of drug-likeness (QED) is 0.743. The van der Waals surface area contributed by atoms with Crippen molar-refractivity contribution in [3.63, 3.8) is 0 Å². The number of benzene rings is 1. The summed E-state index contributed by atoms with van der Waals surface area (Å²) >= 11 is 0. The molecule has 1 amide bonds. The predicted octanol–water partition coefficient (Wildman–Crippen LogP) is 0.153. The van der Waals surface area contributed by atoms with Crippen molar-refractivity contribution < 1.29 is 13.2 Å². The third-order valence-electron chi connectivity index (χ3n) is 2.37. The van der Waals surface area contributed by atoms with Crippen molar-refractivity contribution in [2.24, 2.45) is 5.73 Å². The number of nitrogens with zero attached hydrogens (tertiary/aromatic N) is 1. The molecular weight excluding hydrogens is 254 g/mol. The molecule has 0 aromatic heterocycles. The molecule has 0 saturated heterocycles. The maximum absolute atomic E-state index is 12.3. The first-order valence-electron chi connectivity index (χ1n) is 5.41. The number of amides is 1. The van der Waals surface area contributed by atoms with Crippen LogP contribution in [0.5, 0.6) is 0 Å². The molecule has 0 aliphatic carbocycles. The second kappa shape index (κ2) is 5.36. The summed E-state index contributed by atoms with van der Waals surface area (Å²) in [6, 6.07) is 5.44. The van der Waals surface area contributed by atoms with Crippen LogP contribution < -0.4 is 11.5 Å². The largest absolute Gasteiger partial charge is 0.399 e. The molecule has 0 heterocycles. The molecule has 0 aliphatic rings. The van der Waals surface area contributed by atoms with E-state index >= 15 is 0 Å². The van der Waals surface area contributed by atoms with Crippen LogP contribution in [-0.2, 0) is 14.8 Å². The number of nitrogens with two attached hydrogens (primary N) is 2. The summed E-state index contributed by atoms with van der Waals surface area (Å²) in [7, 11) is -3.74. The first-order valence-corrected chi connectivity index (χ1v) is 6.85. The normalized spacial score (nSPS) is 12.0. The lowest BCUT2D eigenvalue weighted by Gasteiger charge is -2.24. The molecule has 0 aliphatic heterocycles. The summed E-state index contributed by atoms with van der Waals surface area (Å²) in [6.45, 7) is 3.01. The van der Waals surface area contributed by atoms with Crippen molar-refractivity contribution in [3.8, 4) is 0 Å². The Bertz CT molecular complexity index is 523. The van der Waals surface area contributed by atoms with Crippen LogP contribution >= 0.6 is 0 Å². The summed E-state index contributed by atoms with van der Waals surface area (Å²) < 4.78 is 25.7. The summed E-state index contributed by atoms with van der Waals surface area (Å²) in [6.07, 6.45) is 0. The van der Waals surface area contributed by atoms with Gasteiger partial charge in [0.1, 0.15) is 0 Å². The number of carbonyl (C=O) groups is 1. The Balaban J connectivity index is 3.16. The van der Waals surface area contributed by atoms with Gasteiger partial charge < -0.3 is 11.5 Å². The lowest BCUT2D eigenvalue weighted by atomic mass is 10.3. The monoisotopic (exact) mass is 271 g/mol. The van der Waals surface area contributed by atoms with Crippen LogP contribution in [0.3, 0.4) is 0 Å². The van der Waals surface area contributed by atoms with E-state index in [1.54, 1.807) is 13.8 Å². The average molecular weight is 271 g/mol. The number of rotatable bonds is 5. The second-order valence-corrected chi connectivity index (χ2v) is 6.07. The van der Waals surface area contributed by atoms with E-state index in [9.17, 15) is 13.2 Å². The van der Waals surface area contributed by atoms with E-state index in [1.165, 1.54) is 24.3 Å². The summed E-state index contributed by atoms with van der Waals surface area (Å²) in [4.78, 5) is 11.0. The molecule has 7 heteroatoms. The molecular formula is C11H17N3O3S. The number of nitrogen functional groups attached to an aromatic ring is 1. The first kappa shape index (κ1) is 14.5. The molecule has 0 radical (unpaired) electrons. The lowest BCUT2D eigenvalue weighted by Crippen LogP contribution is -2.42. The predicted molar refractivity (Wildman–Crippen MR) is 69.1 cm³/mol. The number of primary amides is 1. The number of carbonyl (C=O) groups excluding carboxylic acids is 1. The van der Waals surface area contributed by atoms with Crippen molar-refractivity contribution in [3.05, 3.63) is 24.3 Å². The van der Waals surface area contributed by atoms with E-state index in [4.69, 9.17) is 11.5 Å². The van der Waals surface area contributed by atoms with Gasteiger partial charge in [0.25, 0.3) is 0 Å². The molecule has 0 saturated carbocycles. The van der Waals surface area contributed by atoms with Crippen molar-refractivity contribution in [2.75, 3.05) is 12.3 Å². The van der Waals surface area contributed by atoms with E-state index in [0.717, 1.165) is 4.31 Å². The highest BCUT2D eigenvalue weighted by atomic mass is 32.2. The van der Waals surface area contributed by atoms with Gasteiger partial charge in [-0.1, -0.05) is 0 Å². The molecule has 0 fully saturated rings. The van der Waals surface area contributed by atoms with Gasteiger partial charge in [-0.05, 0) is 38.1 Å². The van der Waals surface area contributed by atoms with E-state index in [-0.39, 0.29) is 17.5 Å². The van der Waals surface area contributed by atoms with Gasteiger partial charge in [-0.15, -0.1) is 0 Å². The van der Waals surface area contributed by atoms with Gasteiger partial charge >= 0.3 is 0 Å². The Morgan fingerprint density at radius 2 is 1.78 bits per heavy atom. The Labute approximate surface area is 107 Å². The highest BCUT2D eigenvalue weighted by Gasteiger charge is 2.28. The van der Waals surface area contributed by atoms with E-state index < -0.39 is 15.9 Å². The maximum Gasteiger partial charge on any atom is 0.243 e. The molecule has 4 N–H and O–H groups in total. The van der Waals surface area contributed by atoms with Crippen LogP contribution in [0.15, 0.2) is 29.2 Å². The Morgan fingerprint density at radius 1 is 1.28 bits per heavy atom. The van der Waals surface area contributed by atoms with Gasteiger partial charge in [0, 0.05) is 11.7 Å². The number of anilines is 1. The van der Waals surface area contributed by atoms with Crippen LogP contribution in [-0.4, -0.2) is 31.2 Å². The topological polar surface area (TPSA) is 106 Å².